The van der Waals surface area contributed by atoms with Crippen LogP contribution in [0.2, 0.25) is 5.02 Å². The van der Waals surface area contributed by atoms with E-state index in [9.17, 15) is 9.90 Å². The highest BCUT2D eigenvalue weighted by atomic mass is 35.5. The lowest BCUT2D eigenvalue weighted by Gasteiger charge is -2.10. The van der Waals surface area contributed by atoms with Gasteiger partial charge in [0.2, 0.25) is 0 Å². The molecule has 5 heteroatoms. The molecule has 0 saturated carbocycles. The summed E-state index contributed by atoms with van der Waals surface area (Å²) in [6.07, 6.45) is 0. The van der Waals surface area contributed by atoms with Crippen molar-refractivity contribution in [2.75, 3.05) is 0 Å². The highest BCUT2D eigenvalue weighted by Crippen LogP contribution is 2.29. The first-order chi connectivity index (χ1) is 6.43. The minimum atomic E-state index is -1.26. The molecule has 1 atom stereocenters. The first-order valence-electron chi connectivity index (χ1n) is 3.91. The smallest absolute Gasteiger partial charge is 0.325 e. The Labute approximate surface area is 85.9 Å². The standard InChI is InChI=1S/C9H10ClNO3/c1-4-2-7(12)5(3-6(4)10)8(11)9(13)14/h2-3,8,12H,11H2,1H3,(H,13,14). The largest absolute Gasteiger partial charge is 0.508 e. The van der Waals surface area contributed by atoms with Crippen LogP contribution in [0, 0.1) is 6.92 Å². The van der Waals surface area contributed by atoms with E-state index in [0.29, 0.717) is 10.6 Å². The van der Waals surface area contributed by atoms with Crippen LogP contribution in [-0.2, 0) is 4.79 Å². The summed E-state index contributed by atoms with van der Waals surface area (Å²) in [5.74, 6) is -1.36. The molecule has 0 saturated heterocycles. The van der Waals surface area contributed by atoms with E-state index in [4.69, 9.17) is 22.4 Å². The molecule has 14 heavy (non-hydrogen) atoms. The maximum Gasteiger partial charge on any atom is 0.325 e. The summed E-state index contributed by atoms with van der Waals surface area (Å²) in [4.78, 5) is 10.6. The maximum atomic E-state index is 10.6. The van der Waals surface area contributed by atoms with Crippen molar-refractivity contribution in [3.05, 3.63) is 28.3 Å². The Morgan fingerprint density at radius 2 is 2.14 bits per heavy atom. The van der Waals surface area contributed by atoms with Crippen molar-refractivity contribution < 1.29 is 15.0 Å². The molecular weight excluding hydrogens is 206 g/mol. The van der Waals surface area contributed by atoms with Gasteiger partial charge in [0.25, 0.3) is 0 Å². The number of hydrogen-bond acceptors (Lipinski definition) is 3. The Kier molecular flexibility index (Phi) is 2.98. The quantitative estimate of drug-likeness (QED) is 0.697. The lowest BCUT2D eigenvalue weighted by Crippen LogP contribution is -2.20. The van der Waals surface area contributed by atoms with Crippen molar-refractivity contribution in [1.82, 2.24) is 0 Å². The van der Waals surface area contributed by atoms with Crippen LogP contribution in [0.4, 0.5) is 0 Å². The van der Waals surface area contributed by atoms with E-state index < -0.39 is 12.0 Å². The number of carboxylic acid groups (broad SMARTS) is 1. The number of carbonyl (C=O) groups is 1. The second-order valence-corrected chi connectivity index (χ2v) is 3.38. The van der Waals surface area contributed by atoms with E-state index in [1.165, 1.54) is 12.1 Å². The van der Waals surface area contributed by atoms with Gasteiger partial charge in [0, 0.05) is 10.6 Å². The van der Waals surface area contributed by atoms with Gasteiger partial charge < -0.3 is 15.9 Å². The molecule has 0 radical (unpaired) electrons. The van der Waals surface area contributed by atoms with Crippen molar-refractivity contribution in [3.8, 4) is 5.75 Å². The normalized spacial score (nSPS) is 12.5. The van der Waals surface area contributed by atoms with Crippen molar-refractivity contribution >= 4 is 17.6 Å². The topological polar surface area (TPSA) is 83.5 Å². The zero-order valence-corrected chi connectivity index (χ0v) is 8.25. The van der Waals surface area contributed by atoms with Crippen LogP contribution in [0.1, 0.15) is 17.2 Å². The van der Waals surface area contributed by atoms with Gasteiger partial charge in [0.15, 0.2) is 0 Å². The van der Waals surface area contributed by atoms with Crippen molar-refractivity contribution in [2.45, 2.75) is 13.0 Å². The molecule has 0 bridgehead atoms. The van der Waals surface area contributed by atoms with E-state index in [0.717, 1.165) is 0 Å². The van der Waals surface area contributed by atoms with E-state index >= 15 is 0 Å². The Morgan fingerprint density at radius 3 is 2.64 bits per heavy atom. The number of phenolic OH excluding ortho intramolecular Hbond substituents is 1. The number of nitrogens with two attached hydrogens (primary N) is 1. The number of carboxylic acids is 1. The van der Waals surface area contributed by atoms with Crippen LogP contribution in [0.3, 0.4) is 0 Å². The molecule has 0 aliphatic carbocycles. The van der Waals surface area contributed by atoms with Crippen LogP contribution in [0.5, 0.6) is 5.75 Å². The SMILES string of the molecule is Cc1cc(O)c(C(N)C(=O)O)cc1Cl. The highest BCUT2D eigenvalue weighted by Gasteiger charge is 2.19. The van der Waals surface area contributed by atoms with Gasteiger partial charge >= 0.3 is 5.97 Å². The molecule has 76 valence electrons. The second kappa shape index (κ2) is 3.86. The predicted octanol–water partition coefficient (Wildman–Crippen LogP) is 1.44. The molecule has 0 amide bonds. The van der Waals surface area contributed by atoms with Crippen LogP contribution >= 0.6 is 11.6 Å². The van der Waals surface area contributed by atoms with E-state index in [2.05, 4.69) is 0 Å². The lowest BCUT2D eigenvalue weighted by molar-refractivity contribution is -0.138. The number of aryl methyl sites for hydroxylation is 1. The predicted molar refractivity (Wildman–Crippen MR) is 52.4 cm³/mol. The van der Waals surface area contributed by atoms with Crippen molar-refractivity contribution in [3.63, 3.8) is 0 Å². The van der Waals surface area contributed by atoms with Gasteiger partial charge in [-0.3, -0.25) is 4.79 Å². The third-order valence-corrected chi connectivity index (χ3v) is 2.32. The molecule has 0 heterocycles. The summed E-state index contributed by atoms with van der Waals surface area (Å²) >= 11 is 5.77. The molecule has 4 N–H and O–H groups in total. The summed E-state index contributed by atoms with van der Waals surface area (Å²) < 4.78 is 0. The molecule has 1 aromatic carbocycles. The minimum absolute atomic E-state index is 0.119. The zero-order valence-electron chi connectivity index (χ0n) is 7.49. The van der Waals surface area contributed by atoms with Crippen LogP contribution < -0.4 is 5.73 Å². The Bertz CT molecular complexity index is 379. The van der Waals surface area contributed by atoms with Crippen LogP contribution in [0.15, 0.2) is 12.1 Å². The molecule has 1 rings (SSSR count). The molecule has 0 aliphatic rings. The lowest BCUT2D eigenvalue weighted by atomic mass is 10.0. The van der Waals surface area contributed by atoms with Gasteiger partial charge in [-0.05, 0) is 24.6 Å². The van der Waals surface area contributed by atoms with Gasteiger partial charge in [0.05, 0.1) is 0 Å². The molecule has 0 aliphatic heterocycles. The first-order valence-corrected chi connectivity index (χ1v) is 4.28. The molecule has 1 unspecified atom stereocenters. The van der Waals surface area contributed by atoms with Crippen LogP contribution in [-0.4, -0.2) is 16.2 Å². The van der Waals surface area contributed by atoms with Gasteiger partial charge in [-0.2, -0.15) is 0 Å². The monoisotopic (exact) mass is 215 g/mol. The van der Waals surface area contributed by atoms with E-state index in [-0.39, 0.29) is 11.3 Å². The Hall–Kier alpha value is -1.26. The molecule has 0 fully saturated rings. The average molecular weight is 216 g/mol. The fourth-order valence-corrected chi connectivity index (χ4v) is 1.24. The molecular formula is C9H10ClNO3. The van der Waals surface area contributed by atoms with Crippen molar-refractivity contribution in [1.29, 1.82) is 0 Å². The van der Waals surface area contributed by atoms with Gasteiger partial charge in [-0.1, -0.05) is 11.6 Å². The number of benzene rings is 1. The number of halogens is 1. The molecule has 0 aromatic heterocycles. The maximum absolute atomic E-state index is 10.6. The van der Waals surface area contributed by atoms with Gasteiger partial charge in [-0.25, -0.2) is 0 Å². The molecule has 1 aromatic rings. The zero-order chi connectivity index (χ0) is 10.9. The summed E-state index contributed by atoms with van der Waals surface area (Å²) in [7, 11) is 0. The number of hydrogen-bond donors (Lipinski definition) is 3. The Balaban J connectivity index is 3.22. The number of phenols is 1. The fraction of sp³-hybridized carbons (Fsp3) is 0.222. The molecule has 4 nitrogen and oxygen atoms in total. The van der Waals surface area contributed by atoms with Crippen LogP contribution in [0.25, 0.3) is 0 Å². The van der Waals surface area contributed by atoms with E-state index in [1.54, 1.807) is 6.92 Å². The third-order valence-electron chi connectivity index (χ3n) is 1.91. The average Bonchev–Trinajstić information content (AvgIpc) is 2.10. The van der Waals surface area contributed by atoms with E-state index in [1.807, 2.05) is 0 Å². The third kappa shape index (κ3) is 1.97. The summed E-state index contributed by atoms with van der Waals surface area (Å²) in [5, 5.41) is 18.5. The highest BCUT2D eigenvalue weighted by molar-refractivity contribution is 6.31. The first kappa shape index (κ1) is 10.8. The second-order valence-electron chi connectivity index (χ2n) is 2.98. The number of aromatic hydroxyl groups is 1. The summed E-state index contributed by atoms with van der Waals surface area (Å²) in [5.41, 5.74) is 6.13. The number of aliphatic carboxylic acids is 1. The molecule has 0 spiro atoms. The van der Waals surface area contributed by atoms with Crippen molar-refractivity contribution in [2.24, 2.45) is 5.73 Å². The van der Waals surface area contributed by atoms with Gasteiger partial charge in [0.1, 0.15) is 11.8 Å². The number of rotatable bonds is 2. The summed E-state index contributed by atoms with van der Waals surface area (Å²) in [6, 6.07) is 1.50. The summed E-state index contributed by atoms with van der Waals surface area (Å²) in [6.45, 7) is 1.71. The fourth-order valence-electron chi connectivity index (χ4n) is 1.06. The van der Waals surface area contributed by atoms with Gasteiger partial charge in [-0.15, -0.1) is 0 Å². The minimum Gasteiger partial charge on any atom is -0.508 e. The Morgan fingerprint density at radius 1 is 1.57 bits per heavy atom.